The molecule has 3 fully saturated rings. The molecule has 12 nitrogen and oxygen atoms in total. The van der Waals surface area contributed by atoms with Crippen LogP contribution in [0.5, 0.6) is 0 Å². The maximum Gasteiger partial charge on any atom is 0.325 e. The van der Waals surface area contributed by atoms with Crippen molar-refractivity contribution in [3.05, 3.63) is 52.1 Å². The van der Waals surface area contributed by atoms with Gasteiger partial charge in [-0.2, -0.15) is 0 Å². The van der Waals surface area contributed by atoms with Crippen molar-refractivity contribution in [2.45, 2.75) is 71.7 Å². The number of rotatable bonds is 5. The first-order chi connectivity index (χ1) is 25.4. The molecule has 3 aromatic heterocycles. The topological polar surface area (TPSA) is 131 Å². The lowest BCUT2D eigenvalue weighted by molar-refractivity contribution is -0.155. The van der Waals surface area contributed by atoms with Gasteiger partial charge in [0.05, 0.1) is 52.7 Å². The maximum absolute atomic E-state index is 13.8. The fourth-order valence-corrected chi connectivity index (χ4v) is 9.31. The number of hydrogen-bond acceptors (Lipinski definition) is 11. The number of nitrogens with one attached hydrogen (secondary N) is 1. The fourth-order valence-electron chi connectivity index (χ4n) is 8.45. The molecular formula is C40H52N8O4S. The molecular weight excluding hydrogens is 689 g/mol. The monoisotopic (exact) mass is 740 g/mol. The molecule has 3 N–H and O–H groups in total. The van der Waals surface area contributed by atoms with Crippen molar-refractivity contribution >= 4 is 39.8 Å². The lowest BCUT2D eigenvalue weighted by Crippen LogP contribution is -2.60. The second-order valence-electron chi connectivity index (χ2n) is 16.2. The minimum absolute atomic E-state index is 0.159. The van der Waals surface area contributed by atoms with Gasteiger partial charge in [-0.3, -0.25) is 19.6 Å². The summed E-state index contributed by atoms with van der Waals surface area (Å²) in [5.74, 6) is -0.115. The van der Waals surface area contributed by atoms with Gasteiger partial charge in [-0.05, 0) is 69.3 Å². The van der Waals surface area contributed by atoms with E-state index in [0.717, 1.165) is 89.0 Å². The molecule has 6 bridgehead atoms. The molecule has 2 saturated heterocycles. The van der Waals surface area contributed by atoms with Crippen LogP contribution in [-0.4, -0.2) is 102 Å². The van der Waals surface area contributed by atoms with Gasteiger partial charge in [-0.15, -0.1) is 11.3 Å². The van der Waals surface area contributed by atoms with Gasteiger partial charge in [0.2, 0.25) is 0 Å². The van der Waals surface area contributed by atoms with Crippen LogP contribution in [0.1, 0.15) is 56.5 Å². The first-order valence-electron chi connectivity index (χ1n) is 19.0. The van der Waals surface area contributed by atoms with Gasteiger partial charge in [0, 0.05) is 85.6 Å². The van der Waals surface area contributed by atoms with Crippen molar-refractivity contribution < 1.29 is 19.1 Å². The molecule has 53 heavy (non-hydrogen) atoms. The van der Waals surface area contributed by atoms with E-state index in [0.29, 0.717) is 19.4 Å². The van der Waals surface area contributed by atoms with Crippen molar-refractivity contribution in [2.24, 2.45) is 23.0 Å². The summed E-state index contributed by atoms with van der Waals surface area (Å²) in [5, 5.41) is 5.54. The Kier molecular flexibility index (Phi) is 9.59. The first kappa shape index (κ1) is 36.1. The van der Waals surface area contributed by atoms with Crippen LogP contribution in [0.3, 0.4) is 0 Å². The van der Waals surface area contributed by atoms with Crippen LogP contribution in [0.25, 0.3) is 33.4 Å². The predicted octanol–water partition coefficient (Wildman–Crippen LogP) is 4.65. The zero-order valence-electron chi connectivity index (χ0n) is 31.7. The minimum Gasteiger partial charge on any atom is -0.464 e. The molecule has 4 aliphatic rings. The van der Waals surface area contributed by atoms with Crippen molar-refractivity contribution in [2.75, 3.05) is 58.4 Å². The van der Waals surface area contributed by atoms with Crippen LogP contribution in [0.15, 0.2) is 35.8 Å². The molecule has 1 amide bonds. The molecule has 0 radical (unpaired) electrons. The van der Waals surface area contributed by atoms with Gasteiger partial charge >= 0.3 is 5.97 Å². The number of aryl methyl sites for hydroxylation is 1. The Morgan fingerprint density at radius 2 is 1.96 bits per heavy atom. The van der Waals surface area contributed by atoms with Gasteiger partial charge in [0.1, 0.15) is 6.04 Å². The van der Waals surface area contributed by atoms with Crippen molar-refractivity contribution in [1.82, 2.24) is 29.9 Å². The number of nitrogens with zero attached hydrogens (tertiary/aromatic N) is 6. The number of hydrazine groups is 1. The number of ether oxygens (including phenoxy) is 2. The molecule has 8 rings (SSSR count). The number of aromatic nitrogens is 3. The number of amides is 1. The number of thiazole rings is 1. The number of likely N-dealkylation sites (N-methyl/N-ethyl adjacent to an activating group) is 1. The fraction of sp³-hybridized carbons (Fsp3) is 0.550. The molecule has 1 aliphatic carbocycles. The van der Waals surface area contributed by atoms with Crippen molar-refractivity contribution in [1.29, 1.82) is 0 Å². The maximum atomic E-state index is 13.8. The number of carbonyl (C=O) groups excluding carboxylic acids is 2. The number of methoxy groups -OCH3 is 1. The van der Waals surface area contributed by atoms with E-state index in [1.165, 1.54) is 16.9 Å². The molecule has 3 aliphatic heterocycles. The highest BCUT2D eigenvalue weighted by Gasteiger charge is 2.53. The van der Waals surface area contributed by atoms with E-state index in [4.69, 9.17) is 25.2 Å². The largest absolute Gasteiger partial charge is 0.464 e. The molecule has 4 aromatic rings. The third kappa shape index (κ3) is 6.86. The number of carbonyl (C=O) groups is 2. The molecule has 1 unspecified atom stereocenters. The number of piperazine rings is 1. The highest BCUT2D eigenvalue weighted by Crippen LogP contribution is 2.46. The third-order valence-electron chi connectivity index (χ3n) is 11.7. The van der Waals surface area contributed by atoms with E-state index in [2.05, 4.69) is 84.2 Å². The van der Waals surface area contributed by atoms with E-state index in [-0.39, 0.29) is 36.4 Å². The van der Waals surface area contributed by atoms with Crippen LogP contribution in [-0.2, 0) is 38.4 Å². The average molecular weight is 741 g/mol. The minimum atomic E-state index is -0.777. The SMILES string of the molecule is CCn1c(-c2cc(N3CCN(C)CC3)cnc2[C@H](C)OC)c2c3cc(ccc31)-c1csc(n1)C[C@H](N)C(=O)N1C[C@@H]3C[C@@H]3C(N1)C(=O)OCC(C)(C)C2. The van der Waals surface area contributed by atoms with E-state index in [9.17, 15) is 9.59 Å². The number of hydrogen-bond donors (Lipinski definition) is 2. The highest BCUT2D eigenvalue weighted by atomic mass is 32.1. The number of cyclic esters (lactones) is 1. The summed E-state index contributed by atoms with van der Waals surface area (Å²) in [6, 6.07) is 7.54. The lowest BCUT2D eigenvalue weighted by Gasteiger charge is -2.34. The van der Waals surface area contributed by atoms with E-state index in [1.54, 1.807) is 12.1 Å². The number of pyridine rings is 1. The van der Waals surface area contributed by atoms with Crippen LogP contribution < -0.4 is 16.1 Å². The summed E-state index contributed by atoms with van der Waals surface area (Å²) in [6.45, 7) is 14.0. The van der Waals surface area contributed by atoms with Gasteiger partial charge in [0.25, 0.3) is 5.91 Å². The van der Waals surface area contributed by atoms with Crippen LogP contribution in [0, 0.1) is 17.3 Å². The number of anilines is 1. The van der Waals surface area contributed by atoms with Crippen molar-refractivity contribution in [3.8, 4) is 22.5 Å². The summed E-state index contributed by atoms with van der Waals surface area (Å²) in [4.78, 5) is 42.2. The lowest BCUT2D eigenvalue weighted by atomic mass is 9.84. The quantitative estimate of drug-likeness (QED) is 0.279. The summed E-state index contributed by atoms with van der Waals surface area (Å²) in [7, 11) is 3.91. The summed E-state index contributed by atoms with van der Waals surface area (Å²) < 4.78 is 14.5. The molecule has 282 valence electrons. The van der Waals surface area contributed by atoms with Gasteiger partial charge < -0.3 is 29.6 Å². The van der Waals surface area contributed by atoms with Gasteiger partial charge in [0.15, 0.2) is 0 Å². The smallest absolute Gasteiger partial charge is 0.325 e. The Labute approximate surface area is 315 Å². The first-order valence-corrected chi connectivity index (χ1v) is 19.9. The highest BCUT2D eigenvalue weighted by molar-refractivity contribution is 7.10. The average Bonchev–Trinajstić information content (AvgIpc) is 3.70. The second kappa shape index (κ2) is 14.1. The Balaban J connectivity index is 1.28. The molecule has 5 atom stereocenters. The van der Waals surface area contributed by atoms with Gasteiger partial charge in [-0.1, -0.05) is 19.9 Å². The number of nitrogens with two attached hydrogens (primary N) is 1. The standard InChI is InChI=1S/C40H52N8O4S/c1-7-47-33-9-8-24-14-28(33)30(37(47)29-16-26(19-42-35(29)23(2)51-6)46-12-10-45(5)11-13-46)18-40(3,4)22-52-39(50)36-27-15-25(27)20-48(44-36)38(49)31(41)17-34-43-32(24)21-53-34/h8-9,14,16,19,21,23,25,27,31,36,44H,7,10-13,15,17-18,20,22,41H2,1-6H3/t23-,25-,27-,31-,36?/m0/s1. The normalized spacial score (nSPS) is 25.6. The van der Waals surface area contributed by atoms with Crippen LogP contribution >= 0.6 is 11.3 Å². The van der Waals surface area contributed by atoms with Crippen LogP contribution in [0.2, 0.25) is 0 Å². The summed E-state index contributed by atoms with van der Waals surface area (Å²) in [5.41, 5.74) is 17.6. The predicted molar refractivity (Wildman–Crippen MR) is 207 cm³/mol. The molecule has 0 spiro atoms. The molecule has 6 heterocycles. The summed E-state index contributed by atoms with van der Waals surface area (Å²) >= 11 is 1.52. The van der Waals surface area contributed by atoms with Crippen molar-refractivity contribution in [3.63, 3.8) is 0 Å². The van der Waals surface area contributed by atoms with E-state index < -0.39 is 17.5 Å². The Bertz CT molecular complexity index is 2030. The second-order valence-corrected chi connectivity index (χ2v) is 17.1. The number of benzene rings is 1. The zero-order valence-corrected chi connectivity index (χ0v) is 32.5. The van der Waals surface area contributed by atoms with E-state index in [1.807, 2.05) is 6.20 Å². The molecule has 1 saturated carbocycles. The Hall–Kier alpha value is -3.88. The van der Waals surface area contributed by atoms with E-state index >= 15 is 0 Å². The molecule has 13 heteroatoms. The zero-order chi connectivity index (χ0) is 37.2. The molecule has 1 aromatic carbocycles. The number of esters is 1. The van der Waals surface area contributed by atoms with Gasteiger partial charge in [-0.25, -0.2) is 10.4 Å². The van der Waals surface area contributed by atoms with Crippen LogP contribution in [0.4, 0.5) is 5.69 Å². The third-order valence-corrected chi connectivity index (χ3v) is 12.6. The Morgan fingerprint density at radius 1 is 1.17 bits per heavy atom. The number of fused-ring (bicyclic) bond motifs is 8. The summed E-state index contributed by atoms with van der Waals surface area (Å²) in [6.07, 6.45) is 3.62. The Morgan fingerprint density at radius 3 is 2.72 bits per heavy atom.